The van der Waals surface area contributed by atoms with Gasteiger partial charge < -0.3 is 14.8 Å². The maximum atomic E-state index is 12.9. The second-order valence-electron chi connectivity index (χ2n) is 7.80. The lowest BCUT2D eigenvalue weighted by molar-refractivity contribution is -0.124. The smallest absolute Gasteiger partial charge is 0.276 e. The third-order valence-electron chi connectivity index (χ3n) is 5.00. The molecule has 0 aromatic heterocycles. The molecule has 5 nitrogen and oxygen atoms in total. The third-order valence-corrected chi connectivity index (χ3v) is 5.30. The molecule has 1 amide bonds. The number of hydrogen-bond donors (Lipinski definition) is 1. The highest BCUT2D eigenvalue weighted by Crippen LogP contribution is 2.31. The van der Waals surface area contributed by atoms with Crippen molar-refractivity contribution < 1.29 is 14.3 Å². The number of benzene rings is 1. The Morgan fingerprint density at radius 1 is 1.21 bits per heavy atom. The molecule has 1 aromatic carbocycles. The van der Waals surface area contributed by atoms with Crippen molar-refractivity contribution in [1.29, 1.82) is 0 Å². The Kier molecular flexibility index (Phi) is 6.94. The SMILES string of the molecule is CCOc1cc(/C=C2/NC(=S)N(C3CCCCC3)C2=O)ccc1OCC(C)C. The van der Waals surface area contributed by atoms with E-state index in [0.717, 1.165) is 37.0 Å². The van der Waals surface area contributed by atoms with Gasteiger partial charge >= 0.3 is 0 Å². The van der Waals surface area contributed by atoms with Crippen LogP contribution in [0.15, 0.2) is 23.9 Å². The Hall–Kier alpha value is -2.08. The number of rotatable bonds is 7. The van der Waals surface area contributed by atoms with Crippen molar-refractivity contribution in [3.63, 3.8) is 0 Å². The molecular formula is C22H30N2O3S. The highest BCUT2D eigenvalue weighted by molar-refractivity contribution is 7.80. The molecule has 1 saturated heterocycles. The summed E-state index contributed by atoms with van der Waals surface area (Å²) in [4.78, 5) is 14.7. The molecule has 0 radical (unpaired) electrons. The Bertz CT molecular complexity index is 754. The molecule has 0 spiro atoms. The van der Waals surface area contributed by atoms with Gasteiger partial charge in [0.05, 0.1) is 13.2 Å². The monoisotopic (exact) mass is 402 g/mol. The summed E-state index contributed by atoms with van der Waals surface area (Å²) in [7, 11) is 0. The highest BCUT2D eigenvalue weighted by atomic mass is 32.1. The maximum Gasteiger partial charge on any atom is 0.276 e. The minimum atomic E-state index is -0.0324. The Balaban J connectivity index is 1.79. The van der Waals surface area contributed by atoms with E-state index in [4.69, 9.17) is 21.7 Å². The van der Waals surface area contributed by atoms with E-state index in [9.17, 15) is 4.79 Å². The lowest BCUT2D eigenvalue weighted by Gasteiger charge is -2.29. The summed E-state index contributed by atoms with van der Waals surface area (Å²) in [5.41, 5.74) is 1.40. The van der Waals surface area contributed by atoms with Crippen LogP contribution in [0.2, 0.25) is 0 Å². The number of nitrogens with one attached hydrogen (secondary N) is 1. The van der Waals surface area contributed by atoms with Gasteiger partial charge in [0.15, 0.2) is 16.6 Å². The number of amides is 1. The van der Waals surface area contributed by atoms with Crippen LogP contribution < -0.4 is 14.8 Å². The molecule has 1 saturated carbocycles. The van der Waals surface area contributed by atoms with E-state index >= 15 is 0 Å². The fourth-order valence-electron chi connectivity index (χ4n) is 3.64. The summed E-state index contributed by atoms with van der Waals surface area (Å²) < 4.78 is 11.6. The van der Waals surface area contributed by atoms with Crippen LogP contribution in [0.25, 0.3) is 6.08 Å². The molecule has 152 valence electrons. The van der Waals surface area contributed by atoms with Gasteiger partial charge in [0.2, 0.25) is 0 Å². The molecule has 1 aliphatic carbocycles. The standard InChI is InChI=1S/C22H30N2O3S/c1-4-26-20-13-16(10-11-19(20)27-14-15(2)3)12-18-21(25)24(22(28)23-18)17-8-6-5-7-9-17/h10-13,15,17H,4-9,14H2,1-3H3,(H,23,28)/b18-12+. The topological polar surface area (TPSA) is 50.8 Å². The molecule has 0 unspecified atom stereocenters. The largest absolute Gasteiger partial charge is 0.490 e. The van der Waals surface area contributed by atoms with Crippen LogP contribution in [-0.4, -0.2) is 35.2 Å². The first-order valence-electron chi connectivity index (χ1n) is 10.3. The minimum absolute atomic E-state index is 0.0324. The fraction of sp³-hybridized carbons (Fsp3) is 0.545. The quantitative estimate of drug-likeness (QED) is 0.537. The summed E-state index contributed by atoms with van der Waals surface area (Å²) in [5.74, 6) is 1.82. The van der Waals surface area contributed by atoms with Gasteiger partial charge in [-0.25, -0.2) is 0 Å². The van der Waals surface area contributed by atoms with Gasteiger partial charge in [0, 0.05) is 6.04 Å². The van der Waals surface area contributed by atoms with Gasteiger partial charge in [-0.15, -0.1) is 0 Å². The zero-order valence-corrected chi connectivity index (χ0v) is 17.8. The summed E-state index contributed by atoms with van der Waals surface area (Å²) in [5, 5.41) is 3.62. The number of hydrogen-bond acceptors (Lipinski definition) is 4. The van der Waals surface area contributed by atoms with Crippen LogP contribution >= 0.6 is 12.2 Å². The molecule has 0 atom stereocenters. The average Bonchev–Trinajstić information content (AvgIpc) is 2.95. The molecule has 28 heavy (non-hydrogen) atoms. The predicted octanol–water partition coefficient (Wildman–Crippen LogP) is 4.51. The number of ether oxygens (including phenoxy) is 2. The Morgan fingerprint density at radius 2 is 1.96 bits per heavy atom. The van der Waals surface area contributed by atoms with Gasteiger partial charge in [-0.2, -0.15) is 0 Å². The van der Waals surface area contributed by atoms with Crippen molar-refractivity contribution in [2.45, 2.75) is 58.9 Å². The van der Waals surface area contributed by atoms with Crippen molar-refractivity contribution in [3.8, 4) is 11.5 Å². The molecule has 1 N–H and O–H groups in total. The maximum absolute atomic E-state index is 12.9. The van der Waals surface area contributed by atoms with Gasteiger partial charge in [0.1, 0.15) is 5.70 Å². The number of thiocarbonyl (C=S) groups is 1. The number of carbonyl (C=O) groups excluding carboxylic acids is 1. The summed E-state index contributed by atoms with van der Waals surface area (Å²) in [6.07, 6.45) is 7.45. The molecule has 1 aliphatic heterocycles. The van der Waals surface area contributed by atoms with Crippen molar-refractivity contribution in [3.05, 3.63) is 29.5 Å². The van der Waals surface area contributed by atoms with Crippen LogP contribution in [0, 0.1) is 5.92 Å². The van der Waals surface area contributed by atoms with Crippen LogP contribution in [0.3, 0.4) is 0 Å². The number of nitrogens with zero attached hydrogens (tertiary/aromatic N) is 1. The highest BCUT2D eigenvalue weighted by Gasteiger charge is 2.36. The van der Waals surface area contributed by atoms with Gasteiger partial charge in [-0.1, -0.05) is 39.2 Å². The minimum Gasteiger partial charge on any atom is -0.490 e. The van der Waals surface area contributed by atoms with E-state index in [1.165, 1.54) is 6.42 Å². The first-order valence-corrected chi connectivity index (χ1v) is 10.7. The van der Waals surface area contributed by atoms with Crippen molar-refractivity contribution >= 4 is 29.3 Å². The average molecular weight is 403 g/mol. The predicted molar refractivity (Wildman–Crippen MR) is 115 cm³/mol. The molecule has 3 rings (SSSR count). The van der Waals surface area contributed by atoms with Crippen LogP contribution in [0.5, 0.6) is 11.5 Å². The van der Waals surface area contributed by atoms with E-state index in [0.29, 0.717) is 35.7 Å². The first kappa shape index (κ1) is 20.6. The van der Waals surface area contributed by atoms with Crippen molar-refractivity contribution in [1.82, 2.24) is 10.2 Å². The van der Waals surface area contributed by atoms with Crippen LogP contribution in [0.1, 0.15) is 58.4 Å². The molecule has 1 heterocycles. The molecule has 0 bridgehead atoms. The molecule has 6 heteroatoms. The van der Waals surface area contributed by atoms with Crippen molar-refractivity contribution in [2.24, 2.45) is 5.92 Å². The summed E-state index contributed by atoms with van der Waals surface area (Å²) in [6, 6.07) is 5.97. The van der Waals surface area contributed by atoms with Gasteiger partial charge in [-0.05, 0) is 61.7 Å². The lowest BCUT2D eigenvalue weighted by atomic mass is 9.94. The molecular weight excluding hydrogens is 372 g/mol. The molecule has 2 fully saturated rings. The van der Waals surface area contributed by atoms with E-state index in [1.807, 2.05) is 31.2 Å². The van der Waals surface area contributed by atoms with Crippen LogP contribution in [0.4, 0.5) is 0 Å². The number of carbonyl (C=O) groups is 1. The molecule has 2 aliphatic rings. The first-order chi connectivity index (χ1) is 13.5. The van der Waals surface area contributed by atoms with E-state index in [2.05, 4.69) is 19.2 Å². The van der Waals surface area contributed by atoms with E-state index in [-0.39, 0.29) is 11.9 Å². The second-order valence-corrected chi connectivity index (χ2v) is 8.19. The van der Waals surface area contributed by atoms with E-state index in [1.54, 1.807) is 4.90 Å². The van der Waals surface area contributed by atoms with Gasteiger partial charge in [0.25, 0.3) is 5.91 Å². The normalized spacial score (nSPS) is 19.4. The Morgan fingerprint density at radius 3 is 2.64 bits per heavy atom. The fourth-order valence-corrected chi connectivity index (χ4v) is 3.99. The zero-order valence-electron chi connectivity index (χ0n) is 17.0. The molecule has 1 aromatic rings. The lowest BCUT2D eigenvalue weighted by Crippen LogP contribution is -2.41. The second kappa shape index (κ2) is 9.41. The summed E-state index contributed by atoms with van der Waals surface area (Å²) in [6.45, 7) is 7.34. The third kappa shape index (κ3) is 4.85. The van der Waals surface area contributed by atoms with Gasteiger partial charge in [-0.3, -0.25) is 9.69 Å². The zero-order chi connectivity index (χ0) is 20.1. The van der Waals surface area contributed by atoms with E-state index < -0.39 is 0 Å². The Labute approximate surface area is 173 Å². The van der Waals surface area contributed by atoms with Crippen LogP contribution in [-0.2, 0) is 4.79 Å². The summed E-state index contributed by atoms with van der Waals surface area (Å²) >= 11 is 5.45. The van der Waals surface area contributed by atoms with Crippen molar-refractivity contribution in [2.75, 3.05) is 13.2 Å².